The molecule has 32 heavy (non-hydrogen) atoms. The van der Waals surface area contributed by atoms with Crippen LogP contribution in [0.4, 0.5) is 0 Å². The molecule has 0 fully saturated rings. The summed E-state index contributed by atoms with van der Waals surface area (Å²) < 4.78 is 29.0. The van der Waals surface area contributed by atoms with E-state index in [0.29, 0.717) is 39.4 Å². The predicted molar refractivity (Wildman–Crippen MR) is 116 cm³/mol. The minimum Gasteiger partial charge on any atom is -0.478 e. The lowest BCUT2D eigenvalue weighted by Gasteiger charge is -2.21. The maximum absolute atomic E-state index is 11.6. The van der Waals surface area contributed by atoms with Gasteiger partial charge in [0.2, 0.25) is 10.0 Å². The molecule has 0 spiro atoms. The van der Waals surface area contributed by atoms with E-state index in [1.807, 2.05) is 6.07 Å². The molecule has 4 aromatic rings. The molecule has 0 radical (unpaired) electrons. The first-order chi connectivity index (χ1) is 15.0. The number of nitrogens with zero attached hydrogens (tertiary/aromatic N) is 3. The minimum absolute atomic E-state index is 0.122. The van der Waals surface area contributed by atoms with Crippen molar-refractivity contribution in [3.05, 3.63) is 55.0 Å². The van der Waals surface area contributed by atoms with E-state index in [2.05, 4.69) is 19.9 Å². The first kappa shape index (κ1) is 21.4. The molecule has 0 aliphatic carbocycles. The van der Waals surface area contributed by atoms with E-state index in [4.69, 9.17) is 9.88 Å². The largest absolute Gasteiger partial charge is 0.478 e. The number of fused-ring (bicyclic) bond motifs is 1. The zero-order valence-corrected chi connectivity index (χ0v) is 17.9. The Morgan fingerprint density at radius 3 is 2.69 bits per heavy atom. The van der Waals surface area contributed by atoms with E-state index in [9.17, 15) is 18.3 Å². The van der Waals surface area contributed by atoms with Crippen LogP contribution in [0.15, 0.2) is 59.9 Å². The van der Waals surface area contributed by atoms with Crippen LogP contribution in [0, 0.1) is 0 Å². The normalized spacial score (nSPS) is 12.1. The molecular formula is C21H19N5O5S. The quantitative estimate of drug-likeness (QED) is 0.401. The smallest absolute Gasteiger partial charge is 0.347 e. The predicted octanol–water partition coefficient (Wildman–Crippen LogP) is 2.58. The van der Waals surface area contributed by atoms with Gasteiger partial charge in [0, 0.05) is 35.1 Å². The number of pyridine rings is 1. The topological polar surface area (TPSA) is 161 Å². The summed E-state index contributed by atoms with van der Waals surface area (Å²) in [6, 6.07) is 10.0. The Kier molecular flexibility index (Phi) is 5.15. The number of rotatable bonds is 6. The van der Waals surface area contributed by atoms with Gasteiger partial charge < -0.3 is 14.8 Å². The molecule has 164 valence electrons. The van der Waals surface area contributed by atoms with Crippen molar-refractivity contribution in [3.63, 3.8) is 0 Å². The summed E-state index contributed by atoms with van der Waals surface area (Å²) in [6.07, 6.45) is 4.18. The second kappa shape index (κ2) is 7.70. The van der Waals surface area contributed by atoms with Crippen LogP contribution < -0.4 is 9.88 Å². The zero-order valence-electron chi connectivity index (χ0n) is 17.1. The second-order valence-electron chi connectivity index (χ2n) is 7.54. The van der Waals surface area contributed by atoms with E-state index >= 15 is 0 Å². The zero-order chi connectivity index (χ0) is 23.1. The Morgan fingerprint density at radius 2 is 1.97 bits per heavy atom. The number of hydrogen-bond donors (Lipinski definition) is 3. The highest BCUT2D eigenvalue weighted by atomic mass is 32.2. The van der Waals surface area contributed by atoms with Crippen LogP contribution in [0.3, 0.4) is 0 Å². The van der Waals surface area contributed by atoms with Crippen molar-refractivity contribution < 1.29 is 23.1 Å². The fraction of sp³-hybridized carbons (Fsp3) is 0.143. The first-order valence-electron chi connectivity index (χ1n) is 9.40. The highest BCUT2D eigenvalue weighted by Gasteiger charge is 2.30. The van der Waals surface area contributed by atoms with E-state index in [0.717, 1.165) is 0 Å². The molecule has 10 nitrogen and oxygen atoms in total. The van der Waals surface area contributed by atoms with E-state index in [1.54, 1.807) is 24.3 Å². The number of benzene rings is 1. The van der Waals surface area contributed by atoms with Gasteiger partial charge in [0.25, 0.3) is 0 Å². The number of nitrogens with one attached hydrogen (secondary N) is 1. The maximum atomic E-state index is 11.6. The summed E-state index contributed by atoms with van der Waals surface area (Å²) in [5, 5.41) is 15.2. The SMILES string of the molecule is CC(C)(Oc1cccc2[nH]c(-c3nccc(-c4cncc(S(N)(=O)=O)c4)n3)cc12)C(=O)O. The third kappa shape index (κ3) is 4.15. The van der Waals surface area contributed by atoms with Crippen molar-refractivity contribution >= 4 is 26.9 Å². The third-order valence-electron chi connectivity index (χ3n) is 4.74. The number of aromatic amines is 1. The summed E-state index contributed by atoms with van der Waals surface area (Å²) in [6.45, 7) is 2.94. The van der Waals surface area contributed by atoms with Crippen molar-refractivity contribution in [2.24, 2.45) is 5.14 Å². The average molecular weight is 453 g/mol. The van der Waals surface area contributed by atoms with E-state index in [-0.39, 0.29) is 4.90 Å². The Bertz CT molecular complexity index is 1450. The molecule has 4 N–H and O–H groups in total. The van der Waals surface area contributed by atoms with Gasteiger partial charge in [0.15, 0.2) is 11.4 Å². The fourth-order valence-electron chi connectivity index (χ4n) is 3.02. The molecule has 1 aromatic carbocycles. The maximum Gasteiger partial charge on any atom is 0.347 e. The van der Waals surface area contributed by atoms with Crippen molar-refractivity contribution in [2.45, 2.75) is 24.3 Å². The van der Waals surface area contributed by atoms with Crippen LogP contribution in [-0.4, -0.2) is 45.0 Å². The molecule has 0 bridgehead atoms. The van der Waals surface area contributed by atoms with Crippen LogP contribution in [0.2, 0.25) is 0 Å². The summed E-state index contributed by atoms with van der Waals surface area (Å²) in [4.78, 5) is 27.3. The molecule has 0 aliphatic heterocycles. The standard InChI is InChI=1S/C21H19N5O5S/c1-21(2,20(27)28)31-18-5-3-4-16-14(18)9-17(25-16)19-24-7-6-15(26-19)12-8-13(11-23-10-12)32(22,29)30/h3-11,25H,1-2H3,(H,27,28)(H2,22,29,30). The molecule has 11 heteroatoms. The van der Waals surface area contributed by atoms with Gasteiger partial charge in [-0.1, -0.05) is 6.07 Å². The van der Waals surface area contributed by atoms with Gasteiger partial charge in [-0.05, 0) is 44.2 Å². The minimum atomic E-state index is -3.91. The number of aliphatic carboxylic acids is 1. The molecule has 4 rings (SSSR count). The van der Waals surface area contributed by atoms with Crippen molar-refractivity contribution in [1.82, 2.24) is 19.9 Å². The number of H-pyrrole nitrogens is 1. The average Bonchev–Trinajstić information content (AvgIpc) is 3.19. The number of carbonyl (C=O) groups is 1. The molecule has 0 amide bonds. The third-order valence-corrected chi connectivity index (χ3v) is 5.62. The number of aromatic nitrogens is 4. The Labute approximate surface area is 183 Å². The van der Waals surface area contributed by atoms with Crippen LogP contribution in [-0.2, 0) is 14.8 Å². The Balaban J connectivity index is 1.75. The van der Waals surface area contributed by atoms with Gasteiger partial charge in [-0.25, -0.2) is 28.3 Å². The van der Waals surface area contributed by atoms with Crippen molar-refractivity contribution in [2.75, 3.05) is 0 Å². The molecule has 0 atom stereocenters. The first-order valence-corrected chi connectivity index (χ1v) is 10.9. The lowest BCUT2D eigenvalue weighted by molar-refractivity contribution is -0.152. The lowest BCUT2D eigenvalue weighted by atomic mass is 10.1. The van der Waals surface area contributed by atoms with Gasteiger partial charge in [0.1, 0.15) is 10.6 Å². The number of carboxylic acid groups (broad SMARTS) is 1. The Hall–Kier alpha value is -3.83. The highest BCUT2D eigenvalue weighted by Crippen LogP contribution is 2.32. The fourth-order valence-corrected chi connectivity index (χ4v) is 3.52. The second-order valence-corrected chi connectivity index (χ2v) is 9.10. The van der Waals surface area contributed by atoms with Gasteiger partial charge in [-0.3, -0.25) is 4.98 Å². The molecule has 0 unspecified atom stereocenters. The van der Waals surface area contributed by atoms with Crippen LogP contribution >= 0.6 is 0 Å². The summed E-state index contributed by atoms with van der Waals surface area (Å²) in [7, 11) is -3.91. The monoisotopic (exact) mass is 453 g/mol. The summed E-state index contributed by atoms with van der Waals surface area (Å²) in [5.74, 6) is -0.335. The number of sulfonamides is 1. The lowest BCUT2D eigenvalue weighted by Crippen LogP contribution is -2.37. The number of ether oxygens (including phenoxy) is 1. The van der Waals surface area contributed by atoms with Gasteiger partial charge in [-0.15, -0.1) is 0 Å². The van der Waals surface area contributed by atoms with Gasteiger partial charge in [0.05, 0.1) is 11.4 Å². The summed E-state index contributed by atoms with van der Waals surface area (Å²) in [5.41, 5.74) is 0.787. The van der Waals surface area contributed by atoms with Crippen molar-refractivity contribution in [1.29, 1.82) is 0 Å². The molecule has 0 saturated heterocycles. The molecule has 3 heterocycles. The van der Waals surface area contributed by atoms with E-state index in [1.165, 1.54) is 38.5 Å². The molecule has 0 aliphatic rings. The number of hydrogen-bond acceptors (Lipinski definition) is 7. The number of primary sulfonamides is 1. The van der Waals surface area contributed by atoms with Crippen LogP contribution in [0.5, 0.6) is 5.75 Å². The van der Waals surface area contributed by atoms with Crippen molar-refractivity contribution in [3.8, 4) is 28.5 Å². The number of carboxylic acids is 1. The molecular weight excluding hydrogens is 434 g/mol. The van der Waals surface area contributed by atoms with E-state index < -0.39 is 21.6 Å². The molecule has 3 aromatic heterocycles. The Morgan fingerprint density at radius 1 is 1.19 bits per heavy atom. The van der Waals surface area contributed by atoms with Crippen LogP contribution in [0.25, 0.3) is 33.7 Å². The van der Waals surface area contributed by atoms with Crippen LogP contribution in [0.1, 0.15) is 13.8 Å². The van der Waals surface area contributed by atoms with Gasteiger partial charge >= 0.3 is 5.97 Å². The van der Waals surface area contributed by atoms with Gasteiger partial charge in [-0.2, -0.15) is 0 Å². The summed E-state index contributed by atoms with van der Waals surface area (Å²) >= 11 is 0. The number of nitrogens with two attached hydrogens (primary N) is 1. The highest BCUT2D eigenvalue weighted by molar-refractivity contribution is 7.89. The molecule has 0 saturated carbocycles.